The number of aromatic nitrogens is 1. The van der Waals surface area contributed by atoms with Crippen LogP contribution in [-0.4, -0.2) is 34.5 Å². The van der Waals surface area contributed by atoms with Crippen LogP contribution in [0, 0.1) is 5.92 Å². The highest BCUT2D eigenvalue weighted by Gasteiger charge is 2.32. The van der Waals surface area contributed by atoms with Gasteiger partial charge < -0.3 is 15.0 Å². The van der Waals surface area contributed by atoms with E-state index in [-0.39, 0.29) is 11.5 Å². The van der Waals surface area contributed by atoms with E-state index in [1.54, 1.807) is 10.6 Å². The first kappa shape index (κ1) is 12.1. The van der Waals surface area contributed by atoms with Gasteiger partial charge in [0.15, 0.2) is 0 Å². The first-order valence-corrected chi connectivity index (χ1v) is 6.30. The maximum absolute atomic E-state index is 12.2. The summed E-state index contributed by atoms with van der Waals surface area (Å²) in [4.78, 5) is 34.4. The Morgan fingerprint density at radius 1 is 1.32 bits per heavy atom. The second kappa shape index (κ2) is 4.31. The van der Waals surface area contributed by atoms with Crippen LogP contribution >= 0.6 is 0 Å². The quantitative estimate of drug-likeness (QED) is 0.570. The molecule has 1 fully saturated rings. The van der Waals surface area contributed by atoms with Gasteiger partial charge in [-0.15, -0.1) is 0 Å². The molecule has 2 unspecified atom stereocenters. The molecule has 0 amide bonds. The molecule has 100 valence electrons. The molecule has 0 aliphatic carbocycles. The minimum atomic E-state index is -1.59. The minimum absolute atomic E-state index is 0.246. The van der Waals surface area contributed by atoms with Gasteiger partial charge in [0.1, 0.15) is 0 Å². The van der Waals surface area contributed by atoms with Gasteiger partial charge in [-0.1, -0.05) is 0 Å². The van der Waals surface area contributed by atoms with Gasteiger partial charge in [0.2, 0.25) is 0 Å². The van der Waals surface area contributed by atoms with Gasteiger partial charge in [-0.2, -0.15) is 0 Å². The maximum Gasteiger partial charge on any atom is 0.377 e. The van der Waals surface area contributed by atoms with Crippen LogP contribution in [0.25, 0.3) is 0 Å². The summed E-state index contributed by atoms with van der Waals surface area (Å²) in [5, 5.41) is 12.0. The molecular weight excluding hydrogens is 248 g/mol. The Bertz CT molecular complexity index is 620. The summed E-state index contributed by atoms with van der Waals surface area (Å²) in [5.41, 5.74) is 0.182. The number of carbonyl (C=O) groups is 2. The summed E-state index contributed by atoms with van der Waals surface area (Å²) in [5.74, 6) is -2.07. The second-order valence-corrected chi connectivity index (χ2v) is 5.18. The number of ketones is 1. The lowest BCUT2D eigenvalue weighted by Gasteiger charge is -2.37. The van der Waals surface area contributed by atoms with E-state index in [4.69, 9.17) is 5.11 Å². The summed E-state index contributed by atoms with van der Waals surface area (Å²) in [6.45, 7) is 2.24. The molecule has 0 radical (unpaired) electrons. The van der Waals surface area contributed by atoms with E-state index < -0.39 is 17.3 Å². The number of aliphatic carboxylic acids is 1. The number of pyridine rings is 1. The molecule has 1 aromatic heterocycles. The number of piperidine rings is 1. The molecule has 3 heterocycles. The van der Waals surface area contributed by atoms with Crippen molar-refractivity contribution in [2.45, 2.75) is 18.9 Å². The van der Waals surface area contributed by atoms with Gasteiger partial charge in [-0.25, -0.2) is 4.79 Å². The number of carbonyl (C=O) groups excluding carboxylic acids is 1. The van der Waals surface area contributed by atoms with Crippen molar-refractivity contribution in [3.05, 3.63) is 33.7 Å². The van der Waals surface area contributed by atoms with E-state index in [1.165, 1.54) is 6.07 Å². The van der Waals surface area contributed by atoms with Crippen LogP contribution in [-0.2, 0) is 11.3 Å². The zero-order chi connectivity index (χ0) is 13.6. The molecule has 0 spiro atoms. The molecule has 0 saturated carbocycles. The Morgan fingerprint density at radius 2 is 2.11 bits per heavy atom. The molecule has 2 bridgehead atoms. The number of hydrogen-bond acceptors (Lipinski definition) is 4. The topological polar surface area (TPSA) is 88.4 Å². The summed E-state index contributed by atoms with van der Waals surface area (Å²) in [6.07, 6.45) is 1.04. The summed E-state index contributed by atoms with van der Waals surface area (Å²) >= 11 is 0. The van der Waals surface area contributed by atoms with Gasteiger partial charge in [-0.3, -0.25) is 9.59 Å². The third kappa shape index (κ3) is 1.88. The zero-order valence-corrected chi connectivity index (χ0v) is 10.3. The van der Waals surface area contributed by atoms with Crippen molar-refractivity contribution in [3.8, 4) is 0 Å². The van der Waals surface area contributed by atoms with Crippen LogP contribution in [0.15, 0.2) is 16.9 Å². The summed E-state index contributed by atoms with van der Waals surface area (Å²) < 4.78 is 1.58. The number of carboxylic acids is 1. The van der Waals surface area contributed by atoms with Gasteiger partial charge in [-0.05, 0) is 31.0 Å². The number of fused-ring (bicyclic) bond motifs is 4. The first-order valence-electron chi connectivity index (χ1n) is 6.30. The molecule has 3 rings (SSSR count). The highest BCUT2D eigenvalue weighted by atomic mass is 16.4. The van der Waals surface area contributed by atoms with Crippen molar-refractivity contribution < 1.29 is 14.7 Å². The van der Waals surface area contributed by atoms with E-state index in [9.17, 15) is 14.4 Å². The fourth-order valence-corrected chi connectivity index (χ4v) is 3.08. The van der Waals surface area contributed by atoms with E-state index in [2.05, 4.69) is 5.32 Å². The summed E-state index contributed by atoms with van der Waals surface area (Å²) in [6, 6.07) is 3.06. The lowest BCUT2D eigenvalue weighted by atomic mass is 9.84. The van der Waals surface area contributed by atoms with E-state index in [0.717, 1.165) is 25.2 Å². The molecule has 2 N–H and O–H groups in total. The van der Waals surface area contributed by atoms with Gasteiger partial charge in [0, 0.05) is 24.7 Å². The molecule has 1 aromatic rings. The maximum atomic E-state index is 12.2. The average Bonchev–Trinajstić information content (AvgIpc) is 2.39. The Labute approximate surface area is 109 Å². The van der Waals surface area contributed by atoms with Crippen molar-refractivity contribution in [2.24, 2.45) is 5.92 Å². The molecule has 6 heteroatoms. The van der Waals surface area contributed by atoms with Crippen molar-refractivity contribution in [1.29, 1.82) is 0 Å². The molecule has 0 aromatic carbocycles. The van der Waals surface area contributed by atoms with Crippen LogP contribution in [0.4, 0.5) is 0 Å². The molecule has 1 saturated heterocycles. The molecule has 6 nitrogen and oxygen atoms in total. The van der Waals surface area contributed by atoms with Crippen molar-refractivity contribution in [1.82, 2.24) is 9.88 Å². The van der Waals surface area contributed by atoms with E-state index >= 15 is 0 Å². The van der Waals surface area contributed by atoms with Gasteiger partial charge in [0.05, 0.1) is 5.56 Å². The van der Waals surface area contributed by atoms with Crippen LogP contribution < -0.4 is 10.9 Å². The number of nitrogens with one attached hydrogen (secondary N) is 1. The zero-order valence-electron chi connectivity index (χ0n) is 10.3. The summed E-state index contributed by atoms with van der Waals surface area (Å²) in [7, 11) is 0. The van der Waals surface area contributed by atoms with Crippen LogP contribution in [0.5, 0.6) is 0 Å². The Balaban J connectivity index is 2.11. The average molecular weight is 262 g/mol. The monoisotopic (exact) mass is 262 g/mol. The Kier molecular flexibility index (Phi) is 2.74. The van der Waals surface area contributed by atoms with Gasteiger partial charge in [0.25, 0.3) is 11.3 Å². The second-order valence-electron chi connectivity index (χ2n) is 5.18. The molecular formula is C13H14N2O4. The van der Waals surface area contributed by atoms with Crippen molar-refractivity contribution in [2.75, 3.05) is 13.1 Å². The smallest absolute Gasteiger partial charge is 0.377 e. The van der Waals surface area contributed by atoms with Crippen molar-refractivity contribution in [3.63, 3.8) is 0 Å². The molecule has 2 aliphatic heterocycles. The Hall–Kier alpha value is -1.95. The Morgan fingerprint density at radius 3 is 2.84 bits per heavy atom. The fraction of sp³-hybridized carbons (Fsp3) is 0.462. The first-order chi connectivity index (χ1) is 9.08. The number of hydrogen-bond donors (Lipinski definition) is 2. The highest BCUT2D eigenvalue weighted by molar-refractivity contribution is 6.39. The largest absolute Gasteiger partial charge is 0.475 e. The van der Waals surface area contributed by atoms with Crippen LogP contribution in [0.2, 0.25) is 0 Å². The SMILES string of the molecule is O=C(O)C(=O)c1ccc2n(c1=O)CC1CNCC2C1. The minimum Gasteiger partial charge on any atom is -0.475 e. The third-order valence-electron chi connectivity index (χ3n) is 3.95. The number of nitrogens with zero attached hydrogens (tertiary/aromatic N) is 1. The lowest BCUT2D eigenvalue weighted by molar-refractivity contribution is -0.131. The predicted molar refractivity (Wildman–Crippen MR) is 66.4 cm³/mol. The van der Waals surface area contributed by atoms with Gasteiger partial charge >= 0.3 is 5.97 Å². The lowest BCUT2D eigenvalue weighted by Crippen LogP contribution is -2.45. The third-order valence-corrected chi connectivity index (χ3v) is 3.95. The van der Waals surface area contributed by atoms with E-state index in [1.807, 2.05) is 0 Å². The predicted octanol–water partition coefficient (Wildman–Crippen LogP) is -0.178. The highest BCUT2D eigenvalue weighted by Crippen LogP contribution is 2.31. The molecule has 19 heavy (non-hydrogen) atoms. The number of rotatable bonds is 2. The normalized spacial score (nSPS) is 24.6. The molecule has 2 aliphatic rings. The van der Waals surface area contributed by atoms with Crippen LogP contribution in [0.3, 0.4) is 0 Å². The number of carboxylic acid groups (broad SMARTS) is 1. The standard InChI is InChI=1S/C13H14N2O4/c16-11(13(18)19)9-1-2-10-8-3-7(4-14-5-8)6-15(10)12(9)17/h1-2,7-8,14H,3-6H2,(H,18,19). The number of Topliss-reactive ketones (excluding diaryl/α,β-unsaturated/α-hetero) is 1. The van der Waals surface area contributed by atoms with E-state index in [0.29, 0.717) is 12.5 Å². The van der Waals surface area contributed by atoms with Crippen LogP contribution in [0.1, 0.15) is 28.4 Å². The van der Waals surface area contributed by atoms with Crippen molar-refractivity contribution >= 4 is 11.8 Å². The fourth-order valence-electron chi connectivity index (χ4n) is 3.08. The molecule has 2 atom stereocenters.